The fraction of sp³-hybridized carbons (Fsp3) is 0.300. The lowest BCUT2D eigenvalue weighted by Gasteiger charge is -2.16. The van der Waals surface area contributed by atoms with Crippen molar-refractivity contribution >= 4 is 11.5 Å². The van der Waals surface area contributed by atoms with E-state index in [1.807, 2.05) is 0 Å². The van der Waals surface area contributed by atoms with Gasteiger partial charge < -0.3 is 5.73 Å². The number of nitro groups is 1. The molecule has 0 bridgehead atoms. The minimum atomic E-state index is -1.02. The number of non-ortho nitro benzene ring substituents is 1. The number of hydrogen-bond acceptors (Lipinski definition) is 4. The molecule has 0 aromatic heterocycles. The summed E-state index contributed by atoms with van der Waals surface area (Å²) in [6, 6.07) is 5.55. The van der Waals surface area contributed by atoms with Crippen LogP contribution in [-0.4, -0.2) is 16.2 Å². The molecule has 0 aliphatic carbocycles. The lowest BCUT2D eigenvalue weighted by Crippen LogP contribution is -2.41. The van der Waals surface area contributed by atoms with E-state index in [4.69, 9.17) is 5.73 Å². The Balaban J connectivity index is 3.12. The maximum atomic E-state index is 11.7. The number of carbonyl (C=O) groups excluding carboxylic acids is 1. The average molecular weight is 208 g/mol. The van der Waals surface area contributed by atoms with Gasteiger partial charge >= 0.3 is 0 Å². The molecule has 0 unspecified atom stereocenters. The summed E-state index contributed by atoms with van der Waals surface area (Å²) in [5, 5.41) is 10.5. The van der Waals surface area contributed by atoms with Gasteiger partial charge in [-0.1, -0.05) is 12.1 Å². The van der Waals surface area contributed by atoms with Crippen molar-refractivity contribution in [3.8, 4) is 0 Å². The SMILES string of the molecule is CC(C)(N)C(=O)c1cccc([N+](=O)[O-])c1. The normalized spacial score (nSPS) is 11.1. The van der Waals surface area contributed by atoms with Crippen molar-refractivity contribution in [2.75, 3.05) is 0 Å². The Hall–Kier alpha value is -1.75. The number of nitrogens with zero attached hydrogens (tertiary/aromatic N) is 1. The van der Waals surface area contributed by atoms with E-state index in [0.717, 1.165) is 0 Å². The van der Waals surface area contributed by atoms with Crippen LogP contribution in [0.5, 0.6) is 0 Å². The summed E-state index contributed by atoms with van der Waals surface area (Å²) in [6.07, 6.45) is 0. The topological polar surface area (TPSA) is 86.2 Å². The molecule has 2 N–H and O–H groups in total. The third-order valence-corrected chi connectivity index (χ3v) is 1.90. The number of hydrogen-bond donors (Lipinski definition) is 1. The van der Waals surface area contributed by atoms with Crippen LogP contribution in [0.15, 0.2) is 24.3 Å². The van der Waals surface area contributed by atoms with Crippen molar-refractivity contribution < 1.29 is 9.72 Å². The van der Waals surface area contributed by atoms with Crippen molar-refractivity contribution in [2.24, 2.45) is 5.73 Å². The van der Waals surface area contributed by atoms with Crippen molar-refractivity contribution in [3.05, 3.63) is 39.9 Å². The van der Waals surface area contributed by atoms with Gasteiger partial charge in [0, 0.05) is 17.7 Å². The first-order valence-corrected chi connectivity index (χ1v) is 4.40. The summed E-state index contributed by atoms with van der Waals surface area (Å²) in [6.45, 7) is 3.13. The second kappa shape index (κ2) is 3.78. The largest absolute Gasteiger partial charge is 0.319 e. The standard InChI is InChI=1S/C10H12N2O3/c1-10(2,11)9(13)7-4-3-5-8(6-7)12(14)15/h3-6H,11H2,1-2H3. The molecule has 15 heavy (non-hydrogen) atoms. The van der Waals surface area contributed by atoms with E-state index in [9.17, 15) is 14.9 Å². The van der Waals surface area contributed by atoms with Crippen molar-refractivity contribution in [1.29, 1.82) is 0 Å². The van der Waals surface area contributed by atoms with Gasteiger partial charge in [0.1, 0.15) is 0 Å². The molecule has 0 aliphatic rings. The minimum Gasteiger partial charge on any atom is -0.319 e. The molecule has 1 aromatic rings. The summed E-state index contributed by atoms with van der Waals surface area (Å²) in [7, 11) is 0. The van der Waals surface area contributed by atoms with Crippen LogP contribution in [0.25, 0.3) is 0 Å². The number of nitro benzene ring substituents is 1. The predicted octanol–water partition coefficient (Wildman–Crippen LogP) is 1.51. The van der Waals surface area contributed by atoms with Crippen LogP contribution in [-0.2, 0) is 0 Å². The van der Waals surface area contributed by atoms with E-state index < -0.39 is 10.5 Å². The van der Waals surface area contributed by atoms with Crippen molar-refractivity contribution in [2.45, 2.75) is 19.4 Å². The number of nitrogens with two attached hydrogens (primary N) is 1. The van der Waals surface area contributed by atoms with Crippen LogP contribution >= 0.6 is 0 Å². The van der Waals surface area contributed by atoms with E-state index in [-0.39, 0.29) is 17.0 Å². The van der Waals surface area contributed by atoms with E-state index in [0.29, 0.717) is 0 Å². The maximum Gasteiger partial charge on any atom is 0.270 e. The zero-order chi connectivity index (χ0) is 11.6. The zero-order valence-electron chi connectivity index (χ0n) is 8.56. The fourth-order valence-corrected chi connectivity index (χ4v) is 1.13. The number of ketones is 1. The molecule has 0 radical (unpaired) electrons. The molecule has 0 spiro atoms. The van der Waals surface area contributed by atoms with E-state index in [1.54, 1.807) is 13.8 Å². The molecule has 0 atom stereocenters. The third-order valence-electron chi connectivity index (χ3n) is 1.90. The fourth-order valence-electron chi connectivity index (χ4n) is 1.13. The molecule has 0 aliphatic heterocycles. The molecule has 0 amide bonds. The highest BCUT2D eigenvalue weighted by atomic mass is 16.6. The summed E-state index contributed by atoms with van der Waals surface area (Å²) in [5.74, 6) is -0.314. The number of benzene rings is 1. The quantitative estimate of drug-likeness (QED) is 0.463. The smallest absolute Gasteiger partial charge is 0.270 e. The van der Waals surface area contributed by atoms with Crippen LogP contribution in [0.4, 0.5) is 5.69 Å². The van der Waals surface area contributed by atoms with Gasteiger partial charge in [0.15, 0.2) is 5.78 Å². The Bertz CT molecular complexity index is 407. The average Bonchev–Trinajstić information content (AvgIpc) is 2.15. The Morgan fingerprint density at radius 3 is 2.53 bits per heavy atom. The molecule has 0 saturated carbocycles. The van der Waals surface area contributed by atoms with E-state index in [2.05, 4.69) is 0 Å². The molecule has 0 heterocycles. The van der Waals surface area contributed by atoms with Crippen LogP contribution in [0.2, 0.25) is 0 Å². The highest BCUT2D eigenvalue weighted by molar-refractivity contribution is 6.02. The summed E-state index contributed by atoms with van der Waals surface area (Å²) < 4.78 is 0. The molecule has 80 valence electrons. The van der Waals surface area contributed by atoms with Crippen molar-refractivity contribution in [1.82, 2.24) is 0 Å². The molecule has 5 heteroatoms. The molecule has 0 fully saturated rings. The van der Waals surface area contributed by atoms with Crippen LogP contribution in [0.1, 0.15) is 24.2 Å². The van der Waals surface area contributed by atoms with Crippen molar-refractivity contribution in [3.63, 3.8) is 0 Å². The zero-order valence-corrected chi connectivity index (χ0v) is 8.56. The third kappa shape index (κ3) is 2.60. The lowest BCUT2D eigenvalue weighted by atomic mass is 9.94. The first-order valence-electron chi connectivity index (χ1n) is 4.40. The Labute approximate surface area is 87.0 Å². The monoisotopic (exact) mass is 208 g/mol. The number of rotatable bonds is 3. The highest BCUT2D eigenvalue weighted by Gasteiger charge is 2.24. The Kier molecular flexibility index (Phi) is 2.85. The van der Waals surface area contributed by atoms with Gasteiger partial charge in [-0.05, 0) is 13.8 Å². The molecule has 1 rings (SSSR count). The lowest BCUT2D eigenvalue weighted by molar-refractivity contribution is -0.384. The van der Waals surface area contributed by atoms with Gasteiger partial charge in [0.05, 0.1) is 10.5 Å². The van der Waals surface area contributed by atoms with E-state index >= 15 is 0 Å². The van der Waals surface area contributed by atoms with Gasteiger partial charge in [-0.15, -0.1) is 0 Å². The molecular weight excluding hydrogens is 196 g/mol. The number of Topliss-reactive ketones (excluding diaryl/α,β-unsaturated/α-hetero) is 1. The van der Waals surface area contributed by atoms with E-state index in [1.165, 1.54) is 24.3 Å². The van der Waals surface area contributed by atoms with Crippen LogP contribution in [0, 0.1) is 10.1 Å². The number of carbonyl (C=O) groups is 1. The first kappa shape index (κ1) is 11.3. The van der Waals surface area contributed by atoms with Crippen LogP contribution in [0.3, 0.4) is 0 Å². The second-order valence-corrected chi connectivity index (χ2v) is 3.86. The van der Waals surface area contributed by atoms with Crippen LogP contribution < -0.4 is 5.73 Å². The Morgan fingerprint density at radius 1 is 1.47 bits per heavy atom. The molecule has 1 aromatic carbocycles. The van der Waals surface area contributed by atoms with Gasteiger partial charge in [-0.2, -0.15) is 0 Å². The Morgan fingerprint density at radius 2 is 2.07 bits per heavy atom. The summed E-state index contributed by atoms with van der Waals surface area (Å²) in [5.41, 5.74) is 4.75. The molecular formula is C10H12N2O3. The minimum absolute atomic E-state index is 0.106. The predicted molar refractivity (Wildman–Crippen MR) is 55.7 cm³/mol. The van der Waals surface area contributed by atoms with Gasteiger partial charge in [0.25, 0.3) is 5.69 Å². The molecule has 0 saturated heterocycles. The highest BCUT2D eigenvalue weighted by Crippen LogP contribution is 2.16. The van der Waals surface area contributed by atoms with Gasteiger partial charge in [-0.3, -0.25) is 14.9 Å². The first-order chi connectivity index (χ1) is 6.82. The summed E-state index contributed by atoms with van der Waals surface area (Å²) >= 11 is 0. The van der Waals surface area contributed by atoms with Gasteiger partial charge in [0.2, 0.25) is 0 Å². The molecule has 5 nitrogen and oxygen atoms in total. The second-order valence-electron chi connectivity index (χ2n) is 3.86. The summed E-state index contributed by atoms with van der Waals surface area (Å²) in [4.78, 5) is 21.6. The maximum absolute atomic E-state index is 11.7. The van der Waals surface area contributed by atoms with Gasteiger partial charge in [-0.25, -0.2) is 0 Å².